The standard InChI is InChI=1S/C23H27N7O2/c1-13(2)30-22-19(21(24)25-12-26-22)20(28-30)15-8-6-14(7-9-15)10-18(31)27-17-11-16(32-29-17)23(3,4)5/h6-9,11-13H,10H2,1-5H3,(H2,24,25,26)(H,27,29,31)/i1D3. The number of hydrogen-bond acceptors (Lipinski definition) is 7. The van der Waals surface area contributed by atoms with Gasteiger partial charge in [-0.05, 0) is 19.3 Å². The Morgan fingerprint density at radius 3 is 2.69 bits per heavy atom. The number of fused-ring (bicyclic) bond motifs is 1. The highest BCUT2D eigenvalue weighted by atomic mass is 16.5. The zero-order valence-electron chi connectivity index (χ0n) is 21.4. The molecule has 9 nitrogen and oxygen atoms in total. The molecule has 0 aliphatic carbocycles. The van der Waals surface area contributed by atoms with Gasteiger partial charge in [-0.25, -0.2) is 14.6 Å². The van der Waals surface area contributed by atoms with Crippen molar-refractivity contribution in [3.63, 3.8) is 0 Å². The van der Waals surface area contributed by atoms with E-state index in [1.54, 1.807) is 37.3 Å². The van der Waals surface area contributed by atoms with Crippen molar-refractivity contribution in [1.82, 2.24) is 24.9 Å². The minimum Gasteiger partial charge on any atom is -0.383 e. The number of hydrogen-bond donors (Lipinski definition) is 2. The molecule has 1 amide bonds. The van der Waals surface area contributed by atoms with E-state index in [2.05, 4.69) is 25.5 Å². The molecule has 4 aromatic rings. The first-order chi connectivity index (χ1) is 16.3. The molecule has 1 atom stereocenters. The zero-order valence-corrected chi connectivity index (χ0v) is 18.4. The summed E-state index contributed by atoms with van der Waals surface area (Å²) in [7, 11) is 0. The largest absolute Gasteiger partial charge is 0.383 e. The Morgan fingerprint density at radius 1 is 1.28 bits per heavy atom. The summed E-state index contributed by atoms with van der Waals surface area (Å²) in [6.07, 6.45) is 1.42. The summed E-state index contributed by atoms with van der Waals surface area (Å²) in [5.41, 5.74) is 8.19. The number of nitrogens with one attached hydrogen (secondary N) is 1. The first-order valence-corrected chi connectivity index (χ1v) is 10.2. The molecular weight excluding hydrogens is 406 g/mol. The average Bonchev–Trinajstić information content (AvgIpc) is 3.39. The monoisotopic (exact) mass is 436 g/mol. The fraction of sp³-hybridized carbons (Fsp3) is 0.348. The molecule has 166 valence electrons. The predicted molar refractivity (Wildman–Crippen MR) is 123 cm³/mol. The lowest BCUT2D eigenvalue weighted by Gasteiger charge is -2.12. The highest BCUT2D eigenvalue weighted by Crippen LogP contribution is 2.31. The molecule has 0 aliphatic heterocycles. The molecule has 3 N–H and O–H groups in total. The molecule has 4 rings (SSSR count). The Balaban J connectivity index is 1.56. The van der Waals surface area contributed by atoms with Gasteiger partial charge in [-0.1, -0.05) is 50.2 Å². The minimum atomic E-state index is -2.27. The van der Waals surface area contributed by atoms with Gasteiger partial charge in [-0.3, -0.25) is 4.79 Å². The van der Waals surface area contributed by atoms with Gasteiger partial charge in [0.05, 0.1) is 11.8 Å². The van der Waals surface area contributed by atoms with Crippen molar-refractivity contribution >= 4 is 28.6 Å². The highest BCUT2D eigenvalue weighted by molar-refractivity contribution is 5.98. The fourth-order valence-corrected chi connectivity index (χ4v) is 3.31. The summed E-state index contributed by atoms with van der Waals surface area (Å²) in [5.74, 6) is 1.03. The number of benzene rings is 1. The smallest absolute Gasteiger partial charge is 0.230 e. The first-order valence-electron chi connectivity index (χ1n) is 11.7. The number of nitrogen functional groups attached to an aromatic ring is 1. The predicted octanol–water partition coefficient (Wildman–Crippen LogP) is 4.12. The van der Waals surface area contributed by atoms with E-state index in [1.165, 1.54) is 11.0 Å². The van der Waals surface area contributed by atoms with Gasteiger partial charge < -0.3 is 15.6 Å². The van der Waals surface area contributed by atoms with Gasteiger partial charge in [-0.2, -0.15) is 5.10 Å². The van der Waals surface area contributed by atoms with E-state index >= 15 is 0 Å². The highest BCUT2D eigenvalue weighted by Gasteiger charge is 2.21. The third-order valence-electron chi connectivity index (χ3n) is 4.99. The summed E-state index contributed by atoms with van der Waals surface area (Å²) in [6.45, 7) is 5.27. The van der Waals surface area contributed by atoms with Crippen molar-refractivity contribution in [3.8, 4) is 11.3 Å². The van der Waals surface area contributed by atoms with E-state index in [0.717, 1.165) is 5.56 Å². The number of nitrogens with two attached hydrogens (primary N) is 1. The quantitative estimate of drug-likeness (QED) is 0.482. The SMILES string of the molecule is [2H]C([2H])([2H])C(C)n1nc(-c2ccc(CC(=O)Nc3cc(C(C)(C)C)on3)cc2)c2c(N)ncnc21. The van der Waals surface area contributed by atoms with E-state index in [9.17, 15) is 4.79 Å². The second kappa shape index (κ2) is 8.07. The Labute approximate surface area is 190 Å². The van der Waals surface area contributed by atoms with Crippen LogP contribution in [0.1, 0.15) is 56.0 Å². The summed E-state index contributed by atoms with van der Waals surface area (Å²) in [6, 6.07) is 8.01. The van der Waals surface area contributed by atoms with Crippen LogP contribution in [0.2, 0.25) is 0 Å². The molecule has 0 spiro atoms. The van der Waals surface area contributed by atoms with E-state index in [-0.39, 0.29) is 23.6 Å². The van der Waals surface area contributed by atoms with Gasteiger partial charge in [0, 0.05) is 27.2 Å². The third kappa shape index (κ3) is 4.18. The van der Waals surface area contributed by atoms with Gasteiger partial charge in [-0.15, -0.1) is 0 Å². The van der Waals surface area contributed by atoms with Gasteiger partial charge >= 0.3 is 0 Å². The van der Waals surface area contributed by atoms with Crippen LogP contribution in [0.4, 0.5) is 11.6 Å². The number of anilines is 2. The average molecular weight is 437 g/mol. The number of aromatic nitrogens is 5. The fourth-order valence-electron chi connectivity index (χ4n) is 3.31. The summed E-state index contributed by atoms with van der Waals surface area (Å²) >= 11 is 0. The lowest BCUT2D eigenvalue weighted by Crippen LogP contribution is -2.14. The molecule has 0 bridgehead atoms. The maximum atomic E-state index is 12.5. The van der Waals surface area contributed by atoms with Crippen LogP contribution in [0.15, 0.2) is 41.2 Å². The normalized spacial score (nSPS) is 14.6. The number of rotatable bonds is 5. The van der Waals surface area contributed by atoms with Crippen molar-refractivity contribution in [2.24, 2.45) is 0 Å². The Bertz CT molecular complexity index is 1370. The molecule has 1 unspecified atom stereocenters. The van der Waals surface area contributed by atoms with Crippen LogP contribution in [0.3, 0.4) is 0 Å². The molecule has 3 aromatic heterocycles. The second-order valence-electron chi connectivity index (χ2n) is 8.67. The van der Waals surface area contributed by atoms with Crippen LogP contribution in [-0.2, 0) is 16.6 Å². The number of carbonyl (C=O) groups is 1. The van der Waals surface area contributed by atoms with Crippen LogP contribution < -0.4 is 11.1 Å². The number of carbonyl (C=O) groups excluding carboxylic acids is 1. The number of amides is 1. The molecule has 0 saturated heterocycles. The molecule has 1 aromatic carbocycles. The first kappa shape index (κ1) is 17.9. The van der Waals surface area contributed by atoms with Crippen molar-refractivity contribution in [1.29, 1.82) is 0 Å². The lowest BCUT2D eigenvalue weighted by atomic mass is 9.93. The Morgan fingerprint density at radius 2 is 2.03 bits per heavy atom. The van der Waals surface area contributed by atoms with Gasteiger partial charge in [0.25, 0.3) is 0 Å². The van der Waals surface area contributed by atoms with Crippen molar-refractivity contribution in [3.05, 3.63) is 48.0 Å². The van der Waals surface area contributed by atoms with Gasteiger partial charge in [0.15, 0.2) is 11.5 Å². The number of nitrogens with zero attached hydrogens (tertiary/aromatic N) is 5. The summed E-state index contributed by atoms with van der Waals surface area (Å²) < 4.78 is 30.0. The van der Waals surface area contributed by atoms with E-state index in [0.29, 0.717) is 33.9 Å². The molecule has 0 radical (unpaired) electrons. The molecule has 0 aliphatic rings. The second-order valence-corrected chi connectivity index (χ2v) is 8.67. The summed E-state index contributed by atoms with van der Waals surface area (Å²) in [4.78, 5) is 20.8. The lowest BCUT2D eigenvalue weighted by molar-refractivity contribution is -0.115. The van der Waals surface area contributed by atoms with Crippen molar-refractivity contribution < 1.29 is 13.4 Å². The van der Waals surface area contributed by atoms with Crippen LogP contribution in [0.5, 0.6) is 0 Å². The molecule has 0 fully saturated rings. The third-order valence-corrected chi connectivity index (χ3v) is 4.99. The van der Waals surface area contributed by atoms with E-state index in [4.69, 9.17) is 14.4 Å². The van der Waals surface area contributed by atoms with E-state index < -0.39 is 12.9 Å². The molecule has 32 heavy (non-hydrogen) atoms. The topological polar surface area (TPSA) is 125 Å². The van der Waals surface area contributed by atoms with Crippen LogP contribution in [-0.4, -0.2) is 30.8 Å². The van der Waals surface area contributed by atoms with E-state index in [1.807, 2.05) is 20.8 Å². The summed E-state index contributed by atoms with van der Waals surface area (Å²) in [5, 5.41) is 11.7. The Hall–Kier alpha value is -3.75. The molecular formula is C23H27N7O2. The molecule has 9 heteroatoms. The van der Waals surface area contributed by atoms with Crippen LogP contribution in [0, 0.1) is 0 Å². The zero-order chi connectivity index (χ0) is 25.5. The van der Waals surface area contributed by atoms with Gasteiger partial charge in [0.1, 0.15) is 23.6 Å². The van der Waals surface area contributed by atoms with Crippen molar-refractivity contribution in [2.75, 3.05) is 11.1 Å². The maximum Gasteiger partial charge on any atom is 0.230 e. The maximum absolute atomic E-state index is 12.5. The van der Waals surface area contributed by atoms with Gasteiger partial charge in [0.2, 0.25) is 5.91 Å². The van der Waals surface area contributed by atoms with Crippen molar-refractivity contribution in [2.45, 2.75) is 52.4 Å². The Kier molecular flexibility index (Phi) is 4.51. The minimum absolute atomic E-state index is 0.133. The molecule has 0 saturated carbocycles. The van der Waals surface area contributed by atoms with Crippen LogP contribution in [0.25, 0.3) is 22.3 Å². The molecule has 3 heterocycles. The van der Waals surface area contributed by atoms with Crippen LogP contribution >= 0.6 is 0 Å².